The molecule has 0 saturated carbocycles. The Morgan fingerprint density at radius 2 is 2.06 bits per heavy atom. The molecule has 0 spiro atoms. The van der Waals surface area contributed by atoms with E-state index in [0.29, 0.717) is 18.8 Å². The van der Waals surface area contributed by atoms with Crippen molar-refractivity contribution in [2.45, 2.75) is 32.5 Å². The number of esters is 1. The third-order valence-electron chi connectivity index (χ3n) is 2.23. The molecule has 1 aliphatic rings. The SMILES string of the molecule is CCN(CC)C(=O)[C@H]1O[C@H](OC(C)=O)CS1. The lowest BCUT2D eigenvalue weighted by molar-refractivity contribution is -0.175. The second-order valence-electron chi connectivity index (χ2n) is 3.35. The lowest BCUT2D eigenvalue weighted by Gasteiger charge is -2.21. The highest BCUT2D eigenvalue weighted by Gasteiger charge is 2.34. The molecule has 2 atom stereocenters. The van der Waals surface area contributed by atoms with Crippen molar-refractivity contribution in [1.29, 1.82) is 0 Å². The standard InChI is InChI=1S/C10H17NO4S/c1-4-11(5-2)9(13)10-15-8(6-16-10)14-7(3)12/h8,10H,4-6H2,1-3H3/t8-,10-/m0/s1. The lowest BCUT2D eigenvalue weighted by atomic mass is 10.4. The van der Waals surface area contributed by atoms with Gasteiger partial charge in [0.05, 0.1) is 5.75 Å². The number of nitrogens with zero attached hydrogens (tertiary/aromatic N) is 1. The maximum absolute atomic E-state index is 11.9. The number of amides is 1. The fourth-order valence-electron chi connectivity index (χ4n) is 1.44. The molecule has 5 nitrogen and oxygen atoms in total. The third-order valence-corrected chi connectivity index (χ3v) is 3.31. The smallest absolute Gasteiger partial charge is 0.304 e. The van der Waals surface area contributed by atoms with Crippen molar-refractivity contribution in [3.05, 3.63) is 0 Å². The minimum atomic E-state index is -0.591. The number of rotatable bonds is 4. The van der Waals surface area contributed by atoms with E-state index in [9.17, 15) is 9.59 Å². The Balaban J connectivity index is 2.46. The van der Waals surface area contributed by atoms with Gasteiger partial charge in [-0.05, 0) is 13.8 Å². The maximum Gasteiger partial charge on any atom is 0.304 e. The van der Waals surface area contributed by atoms with E-state index in [1.165, 1.54) is 18.7 Å². The zero-order valence-corrected chi connectivity index (χ0v) is 10.6. The van der Waals surface area contributed by atoms with Gasteiger partial charge in [0.25, 0.3) is 5.91 Å². The fraction of sp³-hybridized carbons (Fsp3) is 0.800. The Morgan fingerprint density at radius 1 is 1.44 bits per heavy atom. The minimum absolute atomic E-state index is 0.0512. The zero-order chi connectivity index (χ0) is 12.1. The van der Waals surface area contributed by atoms with E-state index in [1.807, 2.05) is 13.8 Å². The Morgan fingerprint density at radius 3 is 2.56 bits per heavy atom. The molecule has 6 heteroatoms. The van der Waals surface area contributed by atoms with Gasteiger partial charge in [-0.2, -0.15) is 0 Å². The van der Waals surface area contributed by atoms with E-state index in [2.05, 4.69) is 0 Å². The highest BCUT2D eigenvalue weighted by Crippen LogP contribution is 2.27. The molecule has 0 bridgehead atoms. The van der Waals surface area contributed by atoms with Crippen molar-refractivity contribution >= 4 is 23.6 Å². The van der Waals surface area contributed by atoms with Crippen molar-refractivity contribution in [2.75, 3.05) is 18.8 Å². The topological polar surface area (TPSA) is 55.8 Å². The summed E-state index contributed by atoms with van der Waals surface area (Å²) in [6, 6.07) is 0. The monoisotopic (exact) mass is 247 g/mol. The molecule has 16 heavy (non-hydrogen) atoms. The first-order chi connectivity index (χ1) is 7.58. The van der Waals surface area contributed by atoms with Gasteiger partial charge in [0.2, 0.25) is 6.29 Å². The van der Waals surface area contributed by atoms with Crippen molar-refractivity contribution in [2.24, 2.45) is 0 Å². The molecule has 1 fully saturated rings. The van der Waals surface area contributed by atoms with Crippen LogP contribution in [0.4, 0.5) is 0 Å². The van der Waals surface area contributed by atoms with E-state index >= 15 is 0 Å². The molecule has 0 N–H and O–H groups in total. The van der Waals surface area contributed by atoms with Crippen LogP contribution < -0.4 is 0 Å². The second-order valence-corrected chi connectivity index (χ2v) is 4.45. The number of likely N-dealkylation sites (N-methyl/N-ethyl adjacent to an activating group) is 1. The predicted octanol–water partition coefficient (Wildman–Crippen LogP) is 0.833. The number of hydrogen-bond donors (Lipinski definition) is 0. The molecular formula is C10H17NO4S. The summed E-state index contributed by atoms with van der Waals surface area (Å²) in [4.78, 5) is 24.3. The van der Waals surface area contributed by atoms with Gasteiger partial charge in [0.1, 0.15) is 0 Å². The summed E-state index contributed by atoms with van der Waals surface area (Å²) in [7, 11) is 0. The summed E-state index contributed by atoms with van der Waals surface area (Å²) >= 11 is 1.37. The summed E-state index contributed by atoms with van der Waals surface area (Å²) in [5.74, 6) is 0.0725. The van der Waals surface area contributed by atoms with Crippen LogP contribution in [-0.4, -0.2) is 47.3 Å². The molecule has 1 aliphatic heterocycles. The first-order valence-electron chi connectivity index (χ1n) is 5.31. The molecule has 0 aromatic heterocycles. The van der Waals surface area contributed by atoms with E-state index in [4.69, 9.17) is 9.47 Å². The van der Waals surface area contributed by atoms with E-state index < -0.39 is 11.7 Å². The fourth-order valence-corrected chi connectivity index (χ4v) is 2.42. The van der Waals surface area contributed by atoms with E-state index in [1.54, 1.807) is 4.90 Å². The predicted molar refractivity (Wildman–Crippen MR) is 60.8 cm³/mol. The number of hydrogen-bond acceptors (Lipinski definition) is 5. The van der Waals surface area contributed by atoms with E-state index in [-0.39, 0.29) is 11.9 Å². The molecule has 1 amide bonds. The van der Waals surface area contributed by atoms with Crippen LogP contribution in [0, 0.1) is 0 Å². The van der Waals surface area contributed by atoms with Crippen LogP contribution in [0.15, 0.2) is 0 Å². The summed E-state index contributed by atoms with van der Waals surface area (Å²) in [6.45, 7) is 6.49. The molecule has 0 aliphatic carbocycles. The number of carbonyl (C=O) groups is 2. The van der Waals surface area contributed by atoms with Gasteiger partial charge in [-0.3, -0.25) is 9.59 Å². The zero-order valence-electron chi connectivity index (χ0n) is 9.76. The van der Waals surface area contributed by atoms with Crippen molar-refractivity contribution < 1.29 is 19.1 Å². The number of carbonyl (C=O) groups excluding carboxylic acids is 2. The van der Waals surface area contributed by atoms with Crippen molar-refractivity contribution in [3.63, 3.8) is 0 Å². The maximum atomic E-state index is 11.9. The highest BCUT2D eigenvalue weighted by atomic mass is 32.2. The van der Waals surface area contributed by atoms with Crippen LogP contribution in [0.3, 0.4) is 0 Å². The molecule has 0 aromatic rings. The summed E-state index contributed by atoms with van der Waals surface area (Å²) in [5.41, 5.74) is -0.538. The van der Waals surface area contributed by atoms with Crippen molar-refractivity contribution in [1.82, 2.24) is 4.90 Å². The average molecular weight is 247 g/mol. The summed E-state index contributed by atoms with van der Waals surface area (Å²) in [6.07, 6.45) is -0.591. The van der Waals surface area contributed by atoms with E-state index in [0.717, 1.165) is 0 Å². The average Bonchev–Trinajstić information content (AvgIpc) is 2.67. The first-order valence-corrected chi connectivity index (χ1v) is 6.36. The third kappa shape index (κ3) is 3.38. The summed E-state index contributed by atoms with van der Waals surface area (Å²) in [5, 5.41) is 0. The van der Waals surface area contributed by atoms with Crippen LogP contribution in [0.2, 0.25) is 0 Å². The lowest BCUT2D eigenvalue weighted by Crippen LogP contribution is -2.38. The van der Waals surface area contributed by atoms with Crippen LogP contribution >= 0.6 is 11.8 Å². The van der Waals surface area contributed by atoms with Gasteiger partial charge in [-0.15, -0.1) is 11.8 Å². The normalized spacial score (nSPS) is 24.2. The largest absolute Gasteiger partial charge is 0.435 e. The van der Waals surface area contributed by atoms with Crippen LogP contribution in [-0.2, 0) is 19.1 Å². The Kier molecular flexibility index (Phi) is 5.08. The molecular weight excluding hydrogens is 230 g/mol. The summed E-state index contributed by atoms with van der Waals surface area (Å²) < 4.78 is 10.2. The number of ether oxygens (including phenoxy) is 2. The molecule has 1 rings (SSSR count). The van der Waals surface area contributed by atoms with Crippen molar-refractivity contribution in [3.8, 4) is 0 Å². The quantitative estimate of drug-likeness (QED) is 0.689. The van der Waals surface area contributed by atoms with Gasteiger partial charge in [-0.25, -0.2) is 0 Å². The Bertz CT molecular complexity index is 268. The van der Waals surface area contributed by atoms with Crippen LogP contribution in [0.1, 0.15) is 20.8 Å². The van der Waals surface area contributed by atoms with Crippen LogP contribution in [0.25, 0.3) is 0 Å². The molecule has 0 aromatic carbocycles. The minimum Gasteiger partial charge on any atom is -0.435 e. The highest BCUT2D eigenvalue weighted by molar-refractivity contribution is 8.00. The van der Waals surface area contributed by atoms with Gasteiger partial charge < -0.3 is 14.4 Å². The Labute approximate surface area is 99.5 Å². The van der Waals surface area contributed by atoms with Gasteiger partial charge in [0.15, 0.2) is 5.44 Å². The Hall–Kier alpha value is -0.750. The first kappa shape index (κ1) is 13.3. The van der Waals surface area contributed by atoms with Gasteiger partial charge in [0, 0.05) is 20.0 Å². The number of thioether (sulfide) groups is 1. The van der Waals surface area contributed by atoms with Gasteiger partial charge >= 0.3 is 5.97 Å². The second kappa shape index (κ2) is 6.10. The molecule has 1 heterocycles. The molecule has 1 saturated heterocycles. The van der Waals surface area contributed by atoms with Gasteiger partial charge in [-0.1, -0.05) is 0 Å². The molecule has 0 radical (unpaired) electrons. The molecule has 0 unspecified atom stereocenters. The molecule has 92 valence electrons. The van der Waals surface area contributed by atoms with Crippen LogP contribution in [0.5, 0.6) is 0 Å².